The number of carbonyl (C=O) groups excluding carboxylic acids is 1. The molecule has 1 aliphatic rings. The molecule has 3 rings (SSSR count). The van der Waals surface area contributed by atoms with Crippen LogP contribution in [0.25, 0.3) is 0 Å². The summed E-state index contributed by atoms with van der Waals surface area (Å²) in [6, 6.07) is 6.75. The van der Waals surface area contributed by atoms with Crippen molar-refractivity contribution in [2.24, 2.45) is 0 Å². The number of nitrogens with zero attached hydrogens (tertiary/aromatic N) is 2. The van der Waals surface area contributed by atoms with E-state index >= 15 is 0 Å². The van der Waals surface area contributed by atoms with E-state index in [9.17, 15) is 9.18 Å². The summed E-state index contributed by atoms with van der Waals surface area (Å²) in [5.41, 5.74) is 0.480. The number of hydrogen-bond acceptors (Lipinski definition) is 4. The van der Waals surface area contributed by atoms with Crippen molar-refractivity contribution < 1.29 is 18.7 Å². The van der Waals surface area contributed by atoms with Crippen molar-refractivity contribution in [2.75, 3.05) is 13.8 Å². The first-order valence-corrected chi connectivity index (χ1v) is 7.18. The average molecular weight is 316 g/mol. The Kier molecular flexibility index (Phi) is 3.67. The molecule has 1 aromatic carbocycles. The van der Waals surface area contributed by atoms with Crippen LogP contribution in [0.4, 0.5) is 4.39 Å². The van der Waals surface area contributed by atoms with E-state index in [0.717, 1.165) is 11.8 Å². The molecule has 1 amide bonds. The van der Waals surface area contributed by atoms with Crippen molar-refractivity contribution in [3.63, 3.8) is 0 Å². The number of ether oxygens (including phenoxy) is 2. The Balaban J connectivity index is 1.90. The zero-order valence-electron chi connectivity index (χ0n) is 13.2. The third-order valence-electron chi connectivity index (χ3n) is 4.17. The molecule has 0 saturated heterocycles. The van der Waals surface area contributed by atoms with Crippen LogP contribution >= 0.6 is 0 Å². The molecule has 0 N–H and O–H groups in total. The SMILES string of the molecule is CN(C(=O)c1cncc(F)c1)C(C)(C)c1ccc2c(c1)OCO2. The minimum atomic E-state index is -0.621. The number of hydrogen-bond donors (Lipinski definition) is 0. The molecular formula is C17H17FN2O3. The third-order valence-corrected chi connectivity index (χ3v) is 4.17. The quantitative estimate of drug-likeness (QED) is 0.873. The summed E-state index contributed by atoms with van der Waals surface area (Å²) in [6.07, 6.45) is 2.43. The fraction of sp³-hybridized carbons (Fsp3) is 0.294. The highest BCUT2D eigenvalue weighted by molar-refractivity contribution is 5.94. The molecular weight excluding hydrogens is 299 g/mol. The van der Waals surface area contributed by atoms with Gasteiger partial charge in [-0.25, -0.2) is 4.39 Å². The van der Waals surface area contributed by atoms with E-state index in [1.54, 1.807) is 11.9 Å². The Labute approximate surface area is 133 Å². The van der Waals surface area contributed by atoms with E-state index in [0.29, 0.717) is 11.5 Å². The third kappa shape index (κ3) is 2.72. The summed E-state index contributed by atoms with van der Waals surface area (Å²) in [5.74, 6) is 0.501. The maximum Gasteiger partial charge on any atom is 0.255 e. The van der Waals surface area contributed by atoms with Gasteiger partial charge in [-0.1, -0.05) is 6.07 Å². The zero-order valence-corrected chi connectivity index (χ0v) is 13.2. The van der Waals surface area contributed by atoms with Gasteiger partial charge in [-0.05, 0) is 37.6 Å². The van der Waals surface area contributed by atoms with Crippen LogP contribution in [0.5, 0.6) is 11.5 Å². The van der Waals surface area contributed by atoms with Gasteiger partial charge in [0.2, 0.25) is 6.79 Å². The van der Waals surface area contributed by atoms with Crippen LogP contribution in [-0.4, -0.2) is 29.6 Å². The second-order valence-corrected chi connectivity index (χ2v) is 5.88. The number of benzene rings is 1. The minimum Gasteiger partial charge on any atom is -0.454 e. The lowest BCUT2D eigenvalue weighted by Crippen LogP contribution is -2.42. The van der Waals surface area contributed by atoms with Crippen molar-refractivity contribution in [1.29, 1.82) is 0 Å². The first-order chi connectivity index (χ1) is 10.9. The van der Waals surface area contributed by atoms with Crippen molar-refractivity contribution in [2.45, 2.75) is 19.4 Å². The van der Waals surface area contributed by atoms with Crippen LogP contribution in [0.2, 0.25) is 0 Å². The second kappa shape index (κ2) is 5.53. The monoisotopic (exact) mass is 316 g/mol. The Morgan fingerprint density at radius 2 is 1.96 bits per heavy atom. The fourth-order valence-electron chi connectivity index (χ4n) is 2.45. The number of fused-ring (bicyclic) bond motifs is 1. The number of halogens is 1. The Hall–Kier alpha value is -2.63. The van der Waals surface area contributed by atoms with Gasteiger partial charge in [-0.3, -0.25) is 9.78 Å². The van der Waals surface area contributed by atoms with Gasteiger partial charge in [0.1, 0.15) is 5.82 Å². The molecule has 0 atom stereocenters. The summed E-state index contributed by atoms with van der Waals surface area (Å²) < 4.78 is 24.0. The van der Waals surface area contributed by atoms with Crippen LogP contribution in [-0.2, 0) is 5.54 Å². The lowest BCUT2D eigenvalue weighted by atomic mass is 9.91. The Morgan fingerprint density at radius 1 is 1.22 bits per heavy atom. The van der Waals surface area contributed by atoms with Crippen LogP contribution in [0.1, 0.15) is 29.8 Å². The predicted molar refractivity (Wildman–Crippen MR) is 81.9 cm³/mol. The molecule has 2 aromatic rings. The van der Waals surface area contributed by atoms with E-state index in [1.807, 2.05) is 32.0 Å². The lowest BCUT2D eigenvalue weighted by Gasteiger charge is -2.36. The van der Waals surface area contributed by atoms with E-state index in [2.05, 4.69) is 4.98 Å². The normalized spacial score (nSPS) is 13.0. The van der Waals surface area contributed by atoms with Crippen molar-refractivity contribution in [1.82, 2.24) is 9.88 Å². The lowest BCUT2D eigenvalue weighted by molar-refractivity contribution is 0.0620. The summed E-state index contributed by atoms with van der Waals surface area (Å²) >= 11 is 0. The number of carbonyl (C=O) groups is 1. The van der Waals surface area contributed by atoms with E-state index in [-0.39, 0.29) is 18.3 Å². The molecule has 1 aromatic heterocycles. The van der Waals surface area contributed by atoms with Gasteiger partial charge >= 0.3 is 0 Å². The van der Waals surface area contributed by atoms with Gasteiger partial charge in [0.25, 0.3) is 5.91 Å². The van der Waals surface area contributed by atoms with Gasteiger partial charge in [-0.15, -0.1) is 0 Å². The van der Waals surface area contributed by atoms with Gasteiger partial charge in [0.05, 0.1) is 17.3 Å². The van der Waals surface area contributed by atoms with Crippen LogP contribution in [0.3, 0.4) is 0 Å². The van der Waals surface area contributed by atoms with Crippen LogP contribution < -0.4 is 9.47 Å². The van der Waals surface area contributed by atoms with Gasteiger partial charge < -0.3 is 14.4 Å². The van der Waals surface area contributed by atoms with Gasteiger partial charge in [-0.2, -0.15) is 0 Å². The highest BCUT2D eigenvalue weighted by Gasteiger charge is 2.32. The summed E-state index contributed by atoms with van der Waals surface area (Å²) in [6.45, 7) is 4.02. The molecule has 120 valence electrons. The second-order valence-electron chi connectivity index (χ2n) is 5.88. The maximum atomic E-state index is 13.3. The number of pyridine rings is 1. The Bertz CT molecular complexity index is 761. The first kappa shape index (κ1) is 15.3. The minimum absolute atomic E-state index is 0.197. The average Bonchev–Trinajstić information content (AvgIpc) is 3.01. The first-order valence-electron chi connectivity index (χ1n) is 7.18. The number of rotatable bonds is 3. The molecule has 0 fully saturated rings. The molecule has 5 nitrogen and oxygen atoms in total. The molecule has 0 spiro atoms. The van der Waals surface area contributed by atoms with Crippen LogP contribution in [0, 0.1) is 5.82 Å². The molecule has 0 aliphatic carbocycles. The molecule has 0 radical (unpaired) electrons. The van der Waals surface area contributed by atoms with E-state index in [1.165, 1.54) is 12.3 Å². The zero-order chi connectivity index (χ0) is 16.6. The van der Waals surface area contributed by atoms with Crippen molar-refractivity contribution in [3.05, 3.63) is 53.6 Å². The summed E-state index contributed by atoms with van der Waals surface area (Å²) in [4.78, 5) is 17.9. The molecule has 0 bridgehead atoms. The number of aromatic nitrogens is 1. The molecule has 6 heteroatoms. The standard InChI is InChI=1S/C17H17FN2O3/c1-17(2,12-4-5-14-15(7-12)23-10-22-14)20(3)16(21)11-6-13(18)9-19-8-11/h4-9H,10H2,1-3H3. The topological polar surface area (TPSA) is 51.7 Å². The van der Waals surface area contributed by atoms with Gasteiger partial charge in [0.15, 0.2) is 11.5 Å². The summed E-state index contributed by atoms with van der Waals surface area (Å²) in [7, 11) is 1.68. The van der Waals surface area contributed by atoms with Crippen molar-refractivity contribution in [3.8, 4) is 11.5 Å². The van der Waals surface area contributed by atoms with Crippen molar-refractivity contribution >= 4 is 5.91 Å². The van der Waals surface area contributed by atoms with E-state index in [4.69, 9.17) is 9.47 Å². The van der Waals surface area contributed by atoms with E-state index < -0.39 is 11.4 Å². The molecule has 0 unspecified atom stereocenters. The molecule has 0 saturated carbocycles. The number of amides is 1. The smallest absolute Gasteiger partial charge is 0.255 e. The largest absolute Gasteiger partial charge is 0.454 e. The molecule has 23 heavy (non-hydrogen) atoms. The van der Waals surface area contributed by atoms with Crippen LogP contribution in [0.15, 0.2) is 36.7 Å². The molecule has 1 aliphatic heterocycles. The highest BCUT2D eigenvalue weighted by Crippen LogP contribution is 2.37. The maximum absolute atomic E-state index is 13.3. The fourth-order valence-corrected chi connectivity index (χ4v) is 2.45. The Morgan fingerprint density at radius 3 is 2.70 bits per heavy atom. The summed E-state index contributed by atoms with van der Waals surface area (Å²) in [5, 5.41) is 0. The highest BCUT2D eigenvalue weighted by atomic mass is 19.1. The predicted octanol–water partition coefficient (Wildman–Crippen LogP) is 2.96. The van der Waals surface area contributed by atoms with Gasteiger partial charge in [0, 0.05) is 13.2 Å². The molecule has 2 heterocycles.